The monoisotopic (exact) mass is 405 g/mol. The van der Waals surface area contributed by atoms with Gasteiger partial charge in [0.05, 0.1) is 12.8 Å². The molecule has 25 heavy (non-hydrogen) atoms. The molecular weight excluding hydrogens is 390 g/mol. The highest BCUT2D eigenvalue weighted by atomic mass is 79.9. The molecule has 0 fully saturated rings. The second kappa shape index (κ2) is 8.48. The van der Waals surface area contributed by atoms with Crippen molar-refractivity contribution >= 4 is 21.8 Å². The topological polar surface area (TPSA) is 90.4 Å². The number of amides is 1. The van der Waals surface area contributed by atoms with Gasteiger partial charge >= 0.3 is 0 Å². The molecule has 1 aromatic carbocycles. The summed E-state index contributed by atoms with van der Waals surface area (Å²) in [5.74, 6) is 1.95. The Morgan fingerprint density at radius 2 is 2.20 bits per heavy atom. The van der Waals surface area contributed by atoms with Gasteiger partial charge in [0.2, 0.25) is 17.6 Å². The van der Waals surface area contributed by atoms with Crippen molar-refractivity contribution in [2.75, 3.05) is 13.2 Å². The number of nitrogens with one attached hydrogen (secondary N) is 1. The molecule has 8 heteroatoms. The first-order valence-corrected chi connectivity index (χ1v) is 8.51. The Balaban J connectivity index is 1.35. The average molecular weight is 406 g/mol. The van der Waals surface area contributed by atoms with Gasteiger partial charge in [-0.25, -0.2) is 0 Å². The maximum atomic E-state index is 11.8. The molecule has 0 aliphatic carbocycles. The Bertz CT molecular complexity index is 817. The number of hydrogen-bond acceptors (Lipinski definition) is 6. The summed E-state index contributed by atoms with van der Waals surface area (Å²) in [6.45, 7) is 0.818. The minimum Gasteiger partial charge on any atom is -0.492 e. The van der Waals surface area contributed by atoms with Crippen molar-refractivity contribution in [1.29, 1.82) is 0 Å². The molecular formula is C17H16BrN3O4. The maximum absolute atomic E-state index is 11.8. The zero-order valence-electron chi connectivity index (χ0n) is 13.3. The van der Waals surface area contributed by atoms with E-state index in [0.29, 0.717) is 37.0 Å². The Morgan fingerprint density at radius 3 is 3.00 bits per heavy atom. The molecule has 0 atom stereocenters. The van der Waals surface area contributed by atoms with E-state index in [-0.39, 0.29) is 12.3 Å². The van der Waals surface area contributed by atoms with Crippen molar-refractivity contribution in [1.82, 2.24) is 15.5 Å². The molecule has 0 radical (unpaired) electrons. The van der Waals surface area contributed by atoms with Gasteiger partial charge < -0.3 is 19.0 Å². The van der Waals surface area contributed by atoms with Crippen LogP contribution in [0.1, 0.15) is 12.3 Å². The van der Waals surface area contributed by atoms with Crippen LogP contribution in [0.2, 0.25) is 0 Å². The first-order valence-electron chi connectivity index (χ1n) is 7.72. The lowest BCUT2D eigenvalue weighted by molar-refractivity contribution is -0.121. The summed E-state index contributed by atoms with van der Waals surface area (Å²) in [5, 5.41) is 6.61. The highest BCUT2D eigenvalue weighted by Gasteiger charge is 2.12. The third kappa shape index (κ3) is 5.18. The van der Waals surface area contributed by atoms with Crippen molar-refractivity contribution in [2.45, 2.75) is 12.8 Å². The third-order valence-corrected chi connectivity index (χ3v) is 3.76. The average Bonchev–Trinajstić information content (AvgIpc) is 3.28. The van der Waals surface area contributed by atoms with Gasteiger partial charge in [-0.05, 0) is 30.3 Å². The first kappa shape index (κ1) is 17.2. The van der Waals surface area contributed by atoms with E-state index >= 15 is 0 Å². The number of ether oxygens (including phenoxy) is 1. The number of furan rings is 1. The minimum absolute atomic E-state index is 0.101. The Morgan fingerprint density at radius 1 is 1.28 bits per heavy atom. The quantitative estimate of drug-likeness (QED) is 0.578. The summed E-state index contributed by atoms with van der Waals surface area (Å²) in [4.78, 5) is 16.0. The van der Waals surface area contributed by atoms with E-state index in [2.05, 4.69) is 31.4 Å². The van der Waals surface area contributed by atoms with Crippen molar-refractivity contribution < 1.29 is 18.5 Å². The third-order valence-electron chi connectivity index (χ3n) is 3.26. The van der Waals surface area contributed by atoms with Crippen molar-refractivity contribution in [3.05, 3.63) is 53.0 Å². The molecule has 2 heterocycles. The highest BCUT2D eigenvalue weighted by molar-refractivity contribution is 9.10. The molecule has 0 spiro atoms. The van der Waals surface area contributed by atoms with Gasteiger partial charge in [0, 0.05) is 17.3 Å². The fraction of sp³-hybridized carbons (Fsp3) is 0.235. The number of aromatic nitrogens is 2. The zero-order chi connectivity index (χ0) is 17.5. The number of nitrogens with zero attached hydrogens (tertiary/aromatic N) is 2. The van der Waals surface area contributed by atoms with E-state index in [0.717, 1.165) is 10.2 Å². The molecule has 0 saturated carbocycles. The van der Waals surface area contributed by atoms with Crippen LogP contribution in [0.3, 0.4) is 0 Å². The van der Waals surface area contributed by atoms with Crippen molar-refractivity contribution in [3.63, 3.8) is 0 Å². The number of aryl methyl sites for hydroxylation is 1. The molecule has 3 aromatic rings. The molecule has 2 aromatic heterocycles. The number of carbonyl (C=O) groups is 1. The van der Waals surface area contributed by atoms with E-state index in [4.69, 9.17) is 13.7 Å². The van der Waals surface area contributed by atoms with Crippen LogP contribution >= 0.6 is 15.9 Å². The number of carbonyl (C=O) groups excluding carboxylic acids is 1. The summed E-state index contributed by atoms with van der Waals surface area (Å²) in [5.41, 5.74) is 0. The standard InChI is InChI=1S/C17H16BrN3O4/c18-12-3-1-4-13(11-12)23-10-8-19-15(22)6-7-16-20-17(21-25-16)14-5-2-9-24-14/h1-5,9,11H,6-8,10H2,(H,19,22). The maximum Gasteiger partial charge on any atom is 0.238 e. The number of rotatable bonds is 8. The predicted molar refractivity (Wildman–Crippen MR) is 93.0 cm³/mol. The molecule has 0 unspecified atom stereocenters. The molecule has 0 aliphatic heterocycles. The van der Waals surface area contributed by atoms with Crippen molar-refractivity contribution in [3.8, 4) is 17.3 Å². The molecule has 1 N–H and O–H groups in total. The summed E-state index contributed by atoms with van der Waals surface area (Å²) in [6, 6.07) is 11.0. The first-order chi connectivity index (χ1) is 12.2. The summed E-state index contributed by atoms with van der Waals surface area (Å²) in [6.07, 6.45) is 2.16. The zero-order valence-corrected chi connectivity index (χ0v) is 14.9. The van der Waals surface area contributed by atoms with Crippen LogP contribution in [0.4, 0.5) is 0 Å². The van der Waals surface area contributed by atoms with E-state index < -0.39 is 0 Å². The van der Waals surface area contributed by atoms with Crippen LogP contribution in [-0.4, -0.2) is 29.2 Å². The molecule has 0 bridgehead atoms. The van der Waals surface area contributed by atoms with Crippen LogP contribution < -0.4 is 10.1 Å². The molecule has 0 saturated heterocycles. The number of halogens is 1. The number of hydrogen-bond donors (Lipinski definition) is 1. The van der Waals surface area contributed by atoms with E-state index in [1.807, 2.05) is 24.3 Å². The van der Waals surface area contributed by atoms with Gasteiger partial charge in [-0.2, -0.15) is 4.98 Å². The Kier molecular flexibility index (Phi) is 5.84. The van der Waals surface area contributed by atoms with E-state index in [1.54, 1.807) is 12.1 Å². The Labute approximate surface area is 152 Å². The smallest absolute Gasteiger partial charge is 0.238 e. The molecule has 1 amide bonds. The minimum atomic E-state index is -0.101. The number of benzene rings is 1. The van der Waals surface area contributed by atoms with Gasteiger partial charge in [-0.1, -0.05) is 27.2 Å². The van der Waals surface area contributed by atoms with Crippen LogP contribution in [0.15, 0.2) is 56.1 Å². The van der Waals surface area contributed by atoms with Crippen LogP contribution in [0, 0.1) is 0 Å². The second-order valence-electron chi connectivity index (χ2n) is 5.14. The van der Waals surface area contributed by atoms with Crippen LogP contribution in [0.5, 0.6) is 5.75 Å². The fourth-order valence-electron chi connectivity index (χ4n) is 2.09. The van der Waals surface area contributed by atoms with E-state index in [9.17, 15) is 4.79 Å². The largest absolute Gasteiger partial charge is 0.492 e. The lowest BCUT2D eigenvalue weighted by Gasteiger charge is -2.07. The lowest BCUT2D eigenvalue weighted by atomic mass is 10.3. The molecule has 130 valence electrons. The van der Waals surface area contributed by atoms with Crippen LogP contribution in [-0.2, 0) is 11.2 Å². The molecule has 0 aliphatic rings. The van der Waals surface area contributed by atoms with Gasteiger partial charge in [0.1, 0.15) is 12.4 Å². The molecule has 7 nitrogen and oxygen atoms in total. The summed E-state index contributed by atoms with van der Waals surface area (Å²) < 4.78 is 16.8. The fourth-order valence-corrected chi connectivity index (χ4v) is 2.47. The van der Waals surface area contributed by atoms with Gasteiger partial charge in [-0.15, -0.1) is 0 Å². The summed E-state index contributed by atoms with van der Waals surface area (Å²) in [7, 11) is 0. The molecule has 3 rings (SSSR count). The van der Waals surface area contributed by atoms with Crippen molar-refractivity contribution in [2.24, 2.45) is 0 Å². The Hall–Kier alpha value is -2.61. The van der Waals surface area contributed by atoms with Gasteiger partial charge in [0.15, 0.2) is 5.76 Å². The lowest BCUT2D eigenvalue weighted by Crippen LogP contribution is -2.28. The highest BCUT2D eigenvalue weighted by Crippen LogP contribution is 2.17. The summed E-state index contributed by atoms with van der Waals surface area (Å²) >= 11 is 3.38. The second-order valence-corrected chi connectivity index (χ2v) is 6.06. The van der Waals surface area contributed by atoms with E-state index in [1.165, 1.54) is 6.26 Å². The SMILES string of the molecule is O=C(CCc1nc(-c2ccco2)no1)NCCOc1cccc(Br)c1. The van der Waals surface area contributed by atoms with Crippen LogP contribution in [0.25, 0.3) is 11.6 Å². The predicted octanol–water partition coefficient (Wildman–Crippen LogP) is 3.22. The van der Waals surface area contributed by atoms with Gasteiger partial charge in [0.25, 0.3) is 0 Å². The normalized spacial score (nSPS) is 10.6. The van der Waals surface area contributed by atoms with Gasteiger partial charge in [-0.3, -0.25) is 4.79 Å².